The van der Waals surface area contributed by atoms with E-state index in [1.807, 2.05) is 0 Å². The Morgan fingerprint density at radius 2 is 2.42 bits per heavy atom. The summed E-state index contributed by atoms with van der Waals surface area (Å²) >= 11 is 0. The van der Waals surface area contributed by atoms with Crippen LogP contribution in [0.1, 0.15) is 13.3 Å². The van der Waals surface area contributed by atoms with E-state index in [4.69, 9.17) is 5.73 Å². The maximum atomic E-state index is 10.9. The van der Waals surface area contributed by atoms with Gasteiger partial charge in [0.2, 0.25) is 0 Å². The summed E-state index contributed by atoms with van der Waals surface area (Å²) in [5.41, 5.74) is 5.54. The van der Waals surface area contributed by atoms with Crippen LogP contribution in [0.3, 0.4) is 0 Å². The van der Waals surface area contributed by atoms with Crippen LogP contribution in [0, 0.1) is 0 Å². The SMILES string of the molecule is C=COC(=O)C(N)C(=C=O)CC. The van der Waals surface area contributed by atoms with Crippen molar-refractivity contribution in [3.8, 4) is 0 Å². The number of hydrogen-bond donors (Lipinski definition) is 1. The Kier molecular flexibility index (Phi) is 4.69. The second-order valence-electron chi connectivity index (χ2n) is 2.06. The maximum Gasteiger partial charge on any atom is 0.332 e. The van der Waals surface area contributed by atoms with E-state index in [0.717, 1.165) is 6.26 Å². The van der Waals surface area contributed by atoms with Crippen molar-refractivity contribution in [3.05, 3.63) is 18.4 Å². The van der Waals surface area contributed by atoms with Gasteiger partial charge in [0.25, 0.3) is 0 Å². The number of hydrogen-bond acceptors (Lipinski definition) is 4. The topological polar surface area (TPSA) is 69.4 Å². The van der Waals surface area contributed by atoms with E-state index in [-0.39, 0.29) is 5.57 Å². The van der Waals surface area contributed by atoms with Gasteiger partial charge in [-0.1, -0.05) is 13.5 Å². The van der Waals surface area contributed by atoms with Gasteiger partial charge in [0.05, 0.1) is 6.26 Å². The zero-order valence-corrected chi connectivity index (χ0v) is 6.87. The normalized spacial score (nSPS) is 11.2. The van der Waals surface area contributed by atoms with Crippen molar-refractivity contribution in [2.45, 2.75) is 19.4 Å². The summed E-state index contributed by atoms with van der Waals surface area (Å²) in [6.45, 7) is 4.90. The predicted octanol–water partition coefficient (Wildman–Crippen LogP) is 0.168. The number of carbonyl (C=O) groups is 1. The molecule has 1 unspecified atom stereocenters. The highest BCUT2D eigenvalue weighted by Crippen LogP contribution is 2.02. The summed E-state index contributed by atoms with van der Waals surface area (Å²) in [7, 11) is 0. The van der Waals surface area contributed by atoms with Gasteiger partial charge in [-0.05, 0) is 6.42 Å². The van der Waals surface area contributed by atoms with Crippen molar-refractivity contribution in [3.63, 3.8) is 0 Å². The molecule has 0 aromatic carbocycles. The van der Waals surface area contributed by atoms with E-state index in [1.165, 1.54) is 0 Å². The molecule has 12 heavy (non-hydrogen) atoms. The molecule has 4 nitrogen and oxygen atoms in total. The zero-order valence-electron chi connectivity index (χ0n) is 6.87. The standard InChI is InChI=1S/C8H11NO3/c1-3-6(5-10)7(9)8(11)12-4-2/h4,7H,2-3,9H2,1H3. The summed E-state index contributed by atoms with van der Waals surface area (Å²) in [5.74, 6) is 0.908. The Morgan fingerprint density at radius 3 is 2.75 bits per heavy atom. The Labute approximate surface area is 70.7 Å². The first kappa shape index (κ1) is 10.6. The average molecular weight is 169 g/mol. The van der Waals surface area contributed by atoms with E-state index in [9.17, 15) is 9.59 Å². The van der Waals surface area contributed by atoms with Crippen LogP contribution in [-0.2, 0) is 14.3 Å². The Hall–Kier alpha value is -1.38. The lowest BCUT2D eigenvalue weighted by atomic mass is 10.1. The quantitative estimate of drug-likeness (QED) is 0.370. The molecule has 0 aromatic rings. The fourth-order valence-corrected chi connectivity index (χ4v) is 0.653. The molecule has 4 heteroatoms. The van der Waals surface area contributed by atoms with Gasteiger partial charge < -0.3 is 10.5 Å². The molecule has 0 bridgehead atoms. The van der Waals surface area contributed by atoms with Crippen LogP contribution in [-0.4, -0.2) is 18.0 Å². The largest absolute Gasteiger partial charge is 0.434 e. The summed E-state index contributed by atoms with van der Waals surface area (Å²) in [4.78, 5) is 21.1. The number of ether oxygens (including phenoxy) is 1. The van der Waals surface area contributed by atoms with E-state index in [2.05, 4.69) is 11.3 Å². The predicted molar refractivity (Wildman–Crippen MR) is 43.8 cm³/mol. The summed E-state index contributed by atoms with van der Waals surface area (Å²) in [6.07, 6.45) is 1.36. The zero-order chi connectivity index (χ0) is 9.56. The van der Waals surface area contributed by atoms with E-state index < -0.39 is 12.0 Å². The fraction of sp³-hybridized carbons (Fsp3) is 0.375. The minimum Gasteiger partial charge on any atom is -0.434 e. The van der Waals surface area contributed by atoms with Crippen LogP contribution in [0.25, 0.3) is 0 Å². The van der Waals surface area contributed by atoms with Gasteiger partial charge in [-0.25, -0.2) is 9.59 Å². The Bertz CT molecular complexity index is 228. The van der Waals surface area contributed by atoms with Crippen LogP contribution < -0.4 is 5.73 Å². The first-order valence-electron chi connectivity index (χ1n) is 3.48. The second-order valence-corrected chi connectivity index (χ2v) is 2.06. The number of carbonyl (C=O) groups excluding carboxylic acids is 2. The molecule has 0 aliphatic rings. The van der Waals surface area contributed by atoms with Gasteiger partial charge in [-0.3, -0.25) is 0 Å². The molecule has 0 saturated heterocycles. The molecular weight excluding hydrogens is 158 g/mol. The van der Waals surface area contributed by atoms with E-state index in [1.54, 1.807) is 12.9 Å². The molecule has 0 saturated carbocycles. The van der Waals surface area contributed by atoms with Crippen LogP contribution in [0.5, 0.6) is 0 Å². The fourth-order valence-electron chi connectivity index (χ4n) is 0.653. The average Bonchev–Trinajstić information content (AvgIpc) is 2.07. The molecule has 0 radical (unpaired) electrons. The van der Waals surface area contributed by atoms with E-state index in [0.29, 0.717) is 6.42 Å². The van der Waals surface area contributed by atoms with Crippen LogP contribution >= 0.6 is 0 Å². The first-order chi connectivity index (χ1) is 5.67. The maximum absolute atomic E-state index is 10.9. The summed E-state index contributed by atoms with van der Waals surface area (Å²) in [6, 6.07) is -1.02. The van der Waals surface area contributed by atoms with Crippen molar-refractivity contribution in [1.82, 2.24) is 0 Å². The molecule has 0 aliphatic carbocycles. The van der Waals surface area contributed by atoms with Crippen molar-refractivity contribution in [1.29, 1.82) is 0 Å². The molecule has 0 fully saturated rings. The molecule has 0 spiro atoms. The molecular formula is C8H11NO3. The number of esters is 1. The van der Waals surface area contributed by atoms with Crippen molar-refractivity contribution in [2.24, 2.45) is 5.73 Å². The smallest absolute Gasteiger partial charge is 0.332 e. The van der Waals surface area contributed by atoms with Gasteiger partial charge in [-0.2, -0.15) is 0 Å². The van der Waals surface area contributed by atoms with Gasteiger partial charge in [-0.15, -0.1) is 0 Å². The monoisotopic (exact) mass is 169 g/mol. The third kappa shape index (κ3) is 2.70. The molecule has 2 N–H and O–H groups in total. The van der Waals surface area contributed by atoms with Crippen LogP contribution in [0.15, 0.2) is 18.4 Å². The van der Waals surface area contributed by atoms with Crippen molar-refractivity contribution in [2.75, 3.05) is 0 Å². The number of rotatable bonds is 4. The lowest BCUT2D eigenvalue weighted by Gasteiger charge is -2.07. The lowest BCUT2D eigenvalue weighted by Crippen LogP contribution is -2.33. The van der Waals surface area contributed by atoms with Gasteiger partial charge >= 0.3 is 5.97 Å². The first-order valence-corrected chi connectivity index (χ1v) is 3.48. The Morgan fingerprint density at radius 1 is 1.83 bits per heavy atom. The van der Waals surface area contributed by atoms with Gasteiger partial charge in [0.1, 0.15) is 12.0 Å². The van der Waals surface area contributed by atoms with Crippen molar-refractivity contribution < 1.29 is 14.3 Å². The van der Waals surface area contributed by atoms with Crippen LogP contribution in [0.4, 0.5) is 0 Å². The minimum absolute atomic E-state index is 0.196. The van der Waals surface area contributed by atoms with Gasteiger partial charge in [0.15, 0.2) is 0 Å². The van der Waals surface area contributed by atoms with Crippen LogP contribution in [0.2, 0.25) is 0 Å². The minimum atomic E-state index is -1.02. The second kappa shape index (κ2) is 5.29. The lowest BCUT2D eigenvalue weighted by molar-refractivity contribution is -0.138. The molecule has 0 aliphatic heterocycles. The third-order valence-corrected chi connectivity index (χ3v) is 1.34. The number of nitrogens with two attached hydrogens (primary N) is 1. The van der Waals surface area contributed by atoms with Gasteiger partial charge in [0, 0.05) is 5.57 Å². The van der Waals surface area contributed by atoms with E-state index >= 15 is 0 Å². The molecule has 66 valence electrons. The molecule has 0 rings (SSSR count). The highest BCUT2D eigenvalue weighted by Gasteiger charge is 2.18. The summed E-state index contributed by atoms with van der Waals surface area (Å²) < 4.78 is 4.39. The highest BCUT2D eigenvalue weighted by atomic mass is 16.5. The molecule has 0 heterocycles. The molecule has 1 atom stereocenters. The van der Waals surface area contributed by atoms with Crippen molar-refractivity contribution >= 4 is 11.9 Å². The highest BCUT2D eigenvalue weighted by molar-refractivity contribution is 5.82. The summed E-state index contributed by atoms with van der Waals surface area (Å²) in [5, 5.41) is 0. The molecule has 0 amide bonds. The molecule has 0 aromatic heterocycles. The third-order valence-electron chi connectivity index (χ3n) is 1.34. The Balaban J connectivity index is 4.36.